The second-order valence-electron chi connectivity index (χ2n) is 4.96. The zero-order valence-electron chi connectivity index (χ0n) is 12.4. The van der Waals surface area contributed by atoms with Crippen molar-refractivity contribution in [3.63, 3.8) is 0 Å². The molecule has 0 bridgehead atoms. The lowest BCUT2D eigenvalue weighted by Gasteiger charge is -2.24. The number of aliphatic hydroxyl groups is 1. The number of hydrogen-bond donors (Lipinski definition) is 2. The Morgan fingerprint density at radius 1 is 1.23 bits per heavy atom. The van der Waals surface area contributed by atoms with Gasteiger partial charge in [-0.05, 0) is 48.9 Å². The van der Waals surface area contributed by atoms with E-state index in [4.69, 9.17) is 16.3 Å². The molecule has 5 heteroatoms. The number of anilines is 1. The third-order valence-corrected chi connectivity index (χ3v) is 3.59. The normalized spacial score (nSPS) is 13.3. The first-order chi connectivity index (χ1) is 10.5. The Hall–Kier alpha value is -2.04. The van der Waals surface area contributed by atoms with E-state index in [1.807, 2.05) is 18.2 Å². The van der Waals surface area contributed by atoms with Crippen molar-refractivity contribution < 1.29 is 14.6 Å². The number of ether oxygens (including phenoxy) is 1. The Bertz CT molecular complexity index is 643. The standard InChI is InChI=1S/C17H18ClNO3/c1-11(20)17(21)16(12-4-3-5-13(18)10-12)19-14-6-8-15(22-2)9-7-14/h3-10,16-17,19,21H,1-2H3/t16-,17-/m1/s1. The second kappa shape index (κ2) is 7.29. The van der Waals surface area contributed by atoms with Crippen LogP contribution in [0.25, 0.3) is 0 Å². The number of carbonyl (C=O) groups excluding carboxylic acids is 1. The highest BCUT2D eigenvalue weighted by Crippen LogP contribution is 2.26. The Labute approximate surface area is 134 Å². The van der Waals surface area contributed by atoms with Crippen molar-refractivity contribution in [1.82, 2.24) is 0 Å². The molecule has 4 nitrogen and oxygen atoms in total. The molecule has 0 spiro atoms. The van der Waals surface area contributed by atoms with Crippen molar-refractivity contribution in [2.75, 3.05) is 12.4 Å². The van der Waals surface area contributed by atoms with Gasteiger partial charge in [0.1, 0.15) is 11.9 Å². The minimum Gasteiger partial charge on any atom is -0.497 e. The van der Waals surface area contributed by atoms with Gasteiger partial charge < -0.3 is 15.2 Å². The minimum absolute atomic E-state index is 0.314. The molecule has 116 valence electrons. The molecule has 0 heterocycles. The van der Waals surface area contributed by atoms with E-state index in [1.165, 1.54) is 6.92 Å². The van der Waals surface area contributed by atoms with Gasteiger partial charge in [-0.2, -0.15) is 0 Å². The van der Waals surface area contributed by atoms with Crippen molar-refractivity contribution in [2.24, 2.45) is 0 Å². The van der Waals surface area contributed by atoms with Crippen LogP contribution < -0.4 is 10.1 Å². The lowest BCUT2D eigenvalue weighted by molar-refractivity contribution is -0.125. The quantitative estimate of drug-likeness (QED) is 0.856. The Morgan fingerprint density at radius 2 is 1.91 bits per heavy atom. The Morgan fingerprint density at radius 3 is 2.45 bits per heavy atom. The topological polar surface area (TPSA) is 58.6 Å². The molecule has 2 N–H and O–H groups in total. The molecule has 2 rings (SSSR count). The molecule has 0 aliphatic carbocycles. The molecule has 0 aliphatic heterocycles. The van der Waals surface area contributed by atoms with E-state index in [2.05, 4.69) is 5.32 Å². The van der Waals surface area contributed by atoms with Gasteiger partial charge in [0, 0.05) is 10.7 Å². The van der Waals surface area contributed by atoms with Gasteiger partial charge in [-0.15, -0.1) is 0 Å². The molecule has 0 radical (unpaired) electrons. The van der Waals surface area contributed by atoms with Gasteiger partial charge in [-0.3, -0.25) is 4.79 Å². The van der Waals surface area contributed by atoms with Crippen LogP contribution in [0.5, 0.6) is 5.75 Å². The number of ketones is 1. The van der Waals surface area contributed by atoms with E-state index in [-0.39, 0.29) is 5.78 Å². The number of Topliss-reactive ketones (excluding diaryl/α,β-unsaturated/α-hetero) is 1. The van der Waals surface area contributed by atoms with Crippen molar-refractivity contribution in [1.29, 1.82) is 0 Å². The predicted molar refractivity (Wildman–Crippen MR) is 87.5 cm³/mol. The first-order valence-corrected chi connectivity index (χ1v) is 7.23. The smallest absolute Gasteiger partial charge is 0.160 e. The van der Waals surface area contributed by atoms with E-state index >= 15 is 0 Å². The average molecular weight is 320 g/mol. The van der Waals surface area contributed by atoms with Crippen LogP contribution in [0, 0.1) is 0 Å². The lowest BCUT2D eigenvalue weighted by atomic mass is 9.98. The fourth-order valence-electron chi connectivity index (χ4n) is 2.15. The van der Waals surface area contributed by atoms with Crippen molar-refractivity contribution in [2.45, 2.75) is 19.1 Å². The number of nitrogens with one attached hydrogen (secondary N) is 1. The van der Waals surface area contributed by atoms with E-state index in [0.717, 1.165) is 17.0 Å². The fourth-order valence-corrected chi connectivity index (χ4v) is 2.34. The van der Waals surface area contributed by atoms with Gasteiger partial charge in [0.05, 0.1) is 13.2 Å². The summed E-state index contributed by atoms with van der Waals surface area (Å²) in [7, 11) is 1.59. The summed E-state index contributed by atoms with van der Waals surface area (Å²) in [4.78, 5) is 11.6. The van der Waals surface area contributed by atoms with Crippen LogP contribution in [0.4, 0.5) is 5.69 Å². The summed E-state index contributed by atoms with van der Waals surface area (Å²) in [5, 5.41) is 13.9. The van der Waals surface area contributed by atoms with Crippen molar-refractivity contribution >= 4 is 23.1 Å². The highest BCUT2D eigenvalue weighted by Gasteiger charge is 2.25. The molecular weight excluding hydrogens is 302 g/mol. The van der Waals surface area contributed by atoms with Gasteiger partial charge in [-0.1, -0.05) is 23.7 Å². The van der Waals surface area contributed by atoms with Crippen LogP contribution in [0.1, 0.15) is 18.5 Å². The van der Waals surface area contributed by atoms with Crippen molar-refractivity contribution in [3.05, 3.63) is 59.1 Å². The number of aliphatic hydroxyl groups excluding tert-OH is 1. The molecule has 2 atom stereocenters. The number of hydrogen-bond acceptors (Lipinski definition) is 4. The summed E-state index contributed by atoms with van der Waals surface area (Å²) in [5.41, 5.74) is 1.51. The monoisotopic (exact) mass is 319 g/mol. The number of methoxy groups -OCH3 is 1. The zero-order valence-corrected chi connectivity index (χ0v) is 13.2. The predicted octanol–water partition coefficient (Wildman–Crippen LogP) is 3.45. The molecule has 0 fully saturated rings. The molecule has 2 aromatic carbocycles. The highest BCUT2D eigenvalue weighted by molar-refractivity contribution is 6.30. The summed E-state index contributed by atoms with van der Waals surface area (Å²) in [6, 6.07) is 13.8. The lowest BCUT2D eigenvalue weighted by Crippen LogP contribution is -2.31. The SMILES string of the molecule is COc1ccc(N[C@H](c2cccc(Cl)c2)[C@H](O)C(C)=O)cc1. The molecule has 0 aliphatic rings. The van der Waals surface area contributed by atoms with Crippen molar-refractivity contribution in [3.8, 4) is 5.75 Å². The van der Waals surface area contributed by atoms with Gasteiger partial charge in [0.25, 0.3) is 0 Å². The van der Waals surface area contributed by atoms with E-state index < -0.39 is 12.1 Å². The van der Waals surface area contributed by atoms with Gasteiger partial charge in [0.2, 0.25) is 0 Å². The third-order valence-electron chi connectivity index (χ3n) is 3.35. The number of carbonyl (C=O) groups is 1. The molecule has 0 amide bonds. The van der Waals surface area contributed by atoms with Crippen LogP contribution in [-0.2, 0) is 4.79 Å². The molecule has 0 saturated carbocycles. The molecule has 2 aromatic rings. The Kier molecular flexibility index (Phi) is 5.41. The van der Waals surface area contributed by atoms with E-state index in [1.54, 1.807) is 37.4 Å². The first kappa shape index (κ1) is 16.3. The van der Waals surface area contributed by atoms with E-state index in [9.17, 15) is 9.90 Å². The number of rotatable bonds is 6. The maximum absolute atomic E-state index is 11.6. The van der Waals surface area contributed by atoms with Gasteiger partial charge in [-0.25, -0.2) is 0 Å². The minimum atomic E-state index is -1.17. The Balaban J connectivity index is 2.29. The van der Waals surface area contributed by atoms with Crippen LogP contribution >= 0.6 is 11.6 Å². The summed E-state index contributed by atoms with van der Waals surface area (Å²) in [6.07, 6.45) is -1.17. The summed E-state index contributed by atoms with van der Waals surface area (Å²) in [6.45, 7) is 1.36. The number of benzene rings is 2. The second-order valence-corrected chi connectivity index (χ2v) is 5.40. The summed E-state index contributed by atoms with van der Waals surface area (Å²) >= 11 is 6.00. The average Bonchev–Trinajstić information content (AvgIpc) is 2.52. The van der Waals surface area contributed by atoms with Crippen LogP contribution in [0.15, 0.2) is 48.5 Å². The molecule has 0 unspecified atom stereocenters. The molecule has 0 aromatic heterocycles. The highest BCUT2D eigenvalue weighted by atomic mass is 35.5. The first-order valence-electron chi connectivity index (χ1n) is 6.86. The van der Waals surface area contributed by atoms with Crippen LogP contribution in [-0.4, -0.2) is 24.1 Å². The summed E-state index contributed by atoms with van der Waals surface area (Å²) in [5.74, 6) is 0.419. The van der Waals surface area contributed by atoms with Crippen LogP contribution in [0.2, 0.25) is 5.02 Å². The largest absolute Gasteiger partial charge is 0.497 e. The fraction of sp³-hybridized carbons (Fsp3) is 0.235. The maximum Gasteiger partial charge on any atom is 0.160 e. The van der Waals surface area contributed by atoms with Gasteiger partial charge in [0.15, 0.2) is 5.78 Å². The zero-order chi connectivity index (χ0) is 16.1. The third kappa shape index (κ3) is 4.00. The van der Waals surface area contributed by atoms with Crippen LogP contribution in [0.3, 0.4) is 0 Å². The molecule has 0 saturated heterocycles. The maximum atomic E-state index is 11.6. The molecular formula is C17H18ClNO3. The van der Waals surface area contributed by atoms with E-state index in [0.29, 0.717) is 5.02 Å². The van der Waals surface area contributed by atoms with Gasteiger partial charge >= 0.3 is 0 Å². The summed E-state index contributed by atoms with van der Waals surface area (Å²) < 4.78 is 5.11. The molecule has 22 heavy (non-hydrogen) atoms. The number of halogens is 1.